The first-order valence-electron chi connectivity index (χ1n) is 6.05. The summed E-state index contributed by atoms with van der Waals surface area (Å²) >= 11 is 3.21. The maximum atomic E-state index is 13.4. The Morgan fingerprint density at radius 1 is 1.43 bits per heavy atom. The highest BCUT2D eigenvalue weighted by molar-refractivity contribution is 9.10. The van der Waals surface area contributed by atoms with Crippen LogP contribution >= 0.6 is 15.9 Å². The molecule has 0 unspecified atom stereocenters. The number of oxime groups is 1. The average Bonchev–Trinajstić information content (AvgIpc) is 2.41. The zero-order chi connectivity index (χ0) is 15.6. The Morgan fingerprint density at radius 3 is 2.76 bits per heavy atom. The van der Waals surface area contributed by atoms with Crippen molar-refractivity contribution in [2.45, 2.75) is 13.5 Å². The lowest BCUT2D eigenvalue weighted by molar-refractivity contribution is 0.318. The Hall–Kier alpha value is -2.15. The molecule has 0 radical (unpaired) electrons. The monoisotopic (exact) mass is 353 g/mol. The number of pyridine rings is 1. The minimum atomic E-state index is -0.398. The third-order valence-electron chi connectivity index (χ3n) is 3.04. The number of hydrogen-bond acceptors (Lipinski definition) is 3. The molecule has 0 fully saturated rings. The highest BCUT2D eigenvalue weighted by Gasteiger charge is 2.11. The van der Waals surface area contributed by atoms with Crippen molar-refractivity contribution < 1.29 is 9.60 Å². The van der Waals surface area contributed by atoms with Crippen LogP contribution in [-0.4, -0.2) is 15.6 Å². The van der Waals surface area contributed by atoms with E-state index in [1.165, 1.54) is 22.8 Å². The van der Waals surface area contributed by atoms with Crippen LogP contribution in [-0.2, 0) is 6.54 Å². The van der Waals surface area contributed by atoms with Gasteiger partial charge >= 0.3 is 0 Å². The molecular weight excluding hydrogens is 341 g/mol. The van der Waals surface area contributed by atoms with Crippen LogP contribution < -0.4 is 11.3 Å². The second-order valence-electron chi connectivity index (χ2n) is 4.54. The van der Waals surface area contributed by atoms with Gasteiger partial charge in [-0.2, -0.15) is 0 Å². The number of rotatable bonds is 3. The molecule has 0 aliphatic rings. The second kappa shape index (κ2) is 6.09. The zero-order valence-electron chi connectivity index (χ0n) is 11.2. The van der Waals surface area contributed by atoms with E-state index in [2.05, 4.69) is 21.1 Å². The molecule has 0 aliphatic heterocycles. The summed E-state index contributed by atoms with van der Waals surface area (Å²) in [6.45, 7) is 1.94. The molecule has 7 heteroatoms. The topological polar surface area (TPSA) is 80.6 Å². The minimum absolute atomic E-state index is 0.0959. The average molecular weight is 354 g/mol. The SMILES string of the molecule is Cc1ccc(/C(N)=N/O)c(=O)n1Cc1cc(F)cc(Br)c1. The van der Waals surface area contributed by atoms with Gasteiger partial charge in [0.05, 0.1) is 12.1 Å². The van der Waals surface area contributed by atoms with Crippen molar-refractivity contribution in [3.63, 3.8) is 0 Å². The smallest absolute Gasteiger partial charge is 0.262 e. The molecule has 2 rings (SSSR count). The Morgan fingerprint density at radius 2 is 2.14 bits per heavy atom. The summed E-state index contributed by atoms with van der Waals surface area (Å²) in [5, 5.41) is 11.5. The Balaban J connectivity index is 2.51. The predicted octanol–water partition coefficient (Wildman–Crippen LogP) is 2.20. The van der Waals surface area contributed by atoms with Gasteiger partial charge in [0.2, 0.25) is 0 Å². The van der Waals surface area contributed by atoms with Crippen molar-refractivity contribution in [1.82, 2.24) is 4.57 Å². The Bertz CT molecular complexity index is 751. The molecule has 1 aromatic heterocycles. The van der Waals surface area contributed by atoms with E-state index in [4.69, 9.17) is 10.9 Å². The summed E-state index contributed by atoms with van der Waals surface area (Å²) in [5.74, 6) is -0.646. The molecule has 0 saturated carbocycles. The summed E-state index contributed by atoms with van der Waals surface area (Å²) in [6.07, 6.45) is 0. The number of halogens is 2. The number of nitrogens with two attached hydrogens (primary N) is 1. The minimum Gasteiger partial charge on any atom is -0.409 e. The van der Waals surface area contributed by atoms with Gasteiger partial charge in [0.25, 0.3) is 5.56 Å². The number of hydrogen-bond donors (Lipinski definition) is 2. The van der Waals surface area contributed by atoms with Crippen LogP contribution in [0.25, 0.3) is 0 Å². The lowest BCUT2D eigenvalue weighted by Crippen LogP contribution is -2.31. The third-order valence-corrected chi connectivity index (χ3v) is 3.50. The maximum Gasteiger partial charge on any atom is 0.262 e. The van der Waals surface area contributed by atoms with Gasteiger partial charge in [-0.25, -0.2) is 4.39 Å². The largest absolute Gasteiger partial charge is 0.409 e. The van der Waals surface area contributed by atoms with Crippen LogP contribution in [0.1, 0.15) is 16.8 Å². The molecular formula is C14H13BrFN3O2. The van der Waals surface area contributed by atoms with Crippen LogP contribution in [0.2, 0.25) is 0 Å². The Labute approximate surface area is 128 Å². The summed E-state index contributed by atoms with van der Waals surface area (Å²) in [4.78, 5) is 12.3. The first-order valence-corrected chi connectivity index (χ1v) is 6.85. The maximum absolute atomic E-state index is 13.4. The molecule has 0 aliphatic carbocycles. The number of amidine groups is 1. The van der Waals surface area contributed by atoms with Crippen LogP contribution in [0.3, 0.4) is 0 Å². The van der Waals surface area contributed by atoms with Gasteiger partial charge in [-0.15, -0.1) is 0 Å². The molecule has 21 heavy (non-hydrogen) atoms. The van der Waals surface area contributed by atoms with E-state index in [0.717, 1.165) is 0 Å². The van der Waals surface area contributed by atoms with E-state index < -0.39 is 11.4 Å². The van der Waals surface area contributed by atoms with E-state index in [9.17, 15) is 9.18 Å². The fraction of sp³-hybridized carbons (Fsp3) is 0.143. The van der Waals surface area contributed by atoms with E-state index >= 15 is 0 Å². The van der Waals surface area contributed by atoms with Gasteiger partial charge in [-0.3, -0.25) is 4.79 Å². The molecule has 0 amide bonds. The normalized spacial score (nSPS) is 11.7. The highest BCUT2D eigenvalue weighted by atomic mass is 79.9. The van der Waals surface area contributed by atoms with Crippen molar-refractivity contribution >= 4 is 21.8 Å². The quantitative estimate of drug-likeness (QED) is 0.384. The summed E-state index contributed by atoms with van der Waals surface area (Å²) in [7, 11) is 0. The molecule has 1 heterocycles. The van der Waals surface area contributed by atoms with Gasteiger partial charge in [0.15, 0.2) is 5.84 Å². The van der Waals surface area contributed by atoms with Gasteiger partial charge in [0.1, 0.15) is 5.82 Å². The van der Waals surface area contributed by atoms with Crippen molar-refractivity contribution in [3.05, 3.63) is 67.8 Å². The van der Waals surface area contributed by atoms with Gasteiger partial charge in [-0.1, -0.05) is 21.1 Å². The lowest BCUT2D eigenvalue weighted by Gasteiger charge is -2.12. The number of nitrogens with zero attached hydrogens (tertiary/aromatic N) is 2. The number of aryl methyl sites for hydroxylation is 1. The fourth-order valence-electron chi connectivity index (χ4n) is 2.00. The lowest BCUT2D eigenvalue weighted by atomic mass is 10.2. The highest BCUT2D eigenvalue weighted by Crippen LogP contribution is 2.16. The molecule has 0 atom stereocenters. The van der Waals surface area contributed by atoms with E-state index in [1.807, 2.05) is 0 Å². The number of benzene rings is 1. The summed E-state index contributed by atoms with van der Waals surface area (Å²) in [6, 6.07) is 7.59. The van der Waals surface area contributed by atoms with Crippen molar-refractivity contribution in [2.75, 3.05) is 0 Å². The van der Waals surface area contributed by atoms with Crippen LogP contribution in [0, 0.1) is 12.7 Å². The molecule has 2 aromatic rings. The first-order chi connectivity index (χ1) is 9.92. The van der Waals surface area contributed by atoms with Gasteiger partial charge in [-0.05, 0) is 42.8 Å². The van der Waals surface area contributed by atoms with Crippen LogP contribution in [0.5, 0.6) is 0 Å². The van der Waals surface area contributed by atoms with Crippen molar-refractivity contribution in [1.29, 1.82) is 0 Å². The molecule has 0 bridgehead atoms. The van der Waals surface area contributed by atoms with Crippen molar-refractivity contribution in [3.8, 4) is 0 Å². The molecule has 110 valence electrons. The molecule has 0 saturated heterocycles. The standard InChI is InChI=1S/C14H13BrFN3O2/c1-8-2-3-12(13(17)18-21)14(20)19(8)7-9-4-10(15)6-11(16)5-9/h2-6,21H,7H2,1H3,(H2,17,18). The zero-order valence-corrected chi connectivity index (χ0v) is 12.8. The molecule has 5 nitrogen and oxygen atoms in total. The summed E-state index contributed by atoms with van der Waals surface area (Å²) in [5.41, 5.74) is 6.49. The van der Waals surface area contributed by atoms with E-state index in [-0.39, 0.29) is 17.9 Å². The van der Waals surface area contributed by atoms with Crippen molar-refractivity contribution in [2.24, 2.45) is 10.9 Å². The van der Waals surface area contributed by atoms with Crippen LogP contribution in [0.4, 0.5) is 4.39 Å². The third kappa shape index (κ3) is 3.30. The predicted molar refractivity (Wildman–Crippen MR) is 81.2 cm³/mol. The second-order valence-corrected chi connectivity index (χ2v) is 5.46. The van der Waals surface area contributed by atoms with Gasteiger partial charge in [0, 0.05) is 10.2 Å². The first kappa shape index (κ1) is 15.2. The Kier molecular flexibility index (Phi) is 4.42. The van der Waals surface area contributed by atoms with Crippen LogP contribution in [0.15, 0.2) is 44.8 Å². The number of aromatic nitrogens is 1. The summed E-state index contributed by atoms with van der Waals surface area (Å²) < 4.78 is 15.4. The van der Waals surface area contributed by atoms with E-state index in [1.54, 1.807) is 19.1 Å². The molecule has 0 spiro atoms. The van der Waals surface area contributed by atoms with Gasteiger partial charge < -0.3 is 15.5 Å². The van der Waals surface area contributed by atoms with E-state index in [0.29, 0.717) is 15.7 Å². The fourth-order valence-corrected chi connectivity index (χ4v) is 2.51. The molecule has 1 aromatic carbocycles. The molecule has 3 N–H and O–H groups in total.